The Morgan fingerprint density at radius 1 is 1.03 bits per heavy atom. The van der Waals surface area contributed by atoms with E-state index in [0.29, 0.717) is 12.2 Å². The number of para-hydroxylation sites is 1. The lowest BCUT2D eigenvalue weighted by Gasteiger charge is -2.05. The highest BCUT2D eigenvalue weighted by Crippen LogP contribution is 2.30. The molecule has 0 unspecified atom stereocenters. The number of benzene rings is 1. The number of hydrogen-bond acceptors (Lipinski definition) is 4. The molecule has 0 amide bonds. The average Bonchev–Trinajstić information content (AvgIpc) is 3.06. The van der Waals surface area contributed by atoms with Crippen LogP contribution in [0.4, 0.5) is 0 Å². The molecule has 0 spiro atoms. The van der Waals surface area contributed by atoms with Crippen LogP contribution in [0.25, 0.3) is 10.9 Å². The van der Waals surface area contributed by atoms with Gasteiger partial charge in [0.15, 0.2) is 0 Å². The first-order valence-corrected chi connectivity index (χ1v) is 11.0. The van der Waals surface area contributed by atoms with E-state index < -0.39 is 11.9 Å². The number of nitrogens with zero attached hydrogens (tertiary/aromatic N) is 1. The summed E-state index contributed by atoms with van der Waals surface area (Å²) in [4.78, 5) is 20.5. The number of rotatable bonds is 12. The summed E-state index contributed by atoms with van der Waals surface area (Å²) < 4.78 is 2.42. The molecule has 1 aromatic carbocycles. The van der Waals surface area contributed by atoms with Gasteiger partial charge in [0.05, 0.1) is 0 Å². The van der Waals surface area contributed by atoms with Gasteiger partial charge in [0.1, 0.15) is 0 Å². The van der Waals surface area contributed by atoms with Crippen LogP contribution in [0.3, 0.4) is 0 Å². The van der Waals surface area contributed by atoms with E-state index in [-0.39, 0.29) is 0 Å². The average molecular weight is 421 g/mol. The molecule has 29 heavy (non-hydrogen) atoms. The van der Waals surface area contributed by atoms with Gasteiger partial charge in [-0.2, -0.15) is 0 Å². The molecule has 1 heterocycles. The van der Waals surface area contributed by atoms with Crippen LogP contribution in [-0.4, -0.2) is 39.0 Å². The van der Waals surface area contributed by atoms with Gasteiger partial charge in [-0.1, -0.05) is 57.2 Å². The van der Waals surface area contributed by atoms with Crippen LogP contribution in [0.2, 0.25) is 0 Å². The number of fused-ring (bicyclic) bond motifs is 1. The second-order valence-corrected chi connectivity index (χ2v) is 7.76. The van der Waals surface area contributed by atoms with Crippen LogP contribution in [0.15, 0.2) is 47.5 Å². The Morgan fingerprint density at radius 3 is 2.28 bits per heavy atom. The van der Waals surface area contributed by atoms with Crippen molar-refractivity contribution in [2.24, 2.45) is 5.73 Å². The summed E-state index contributed by atoms with van der Waals surface area (Å²) in [6.07, 6.45) is 11.5. The normalized spacial score (nSPS) is 10.8. The first kappa shape index (κ1) is 24.8. The lowest BCUT2D eigenvalue weighted by Crippen LogP contribution is -2.00. The van der Waals surface area contributed by atoms with Crippen LogP contribution >= 0.6 is 11.8 Å². The number of aliphatic carboxylic acids is 2. The molecule has 7 heteroatoms. The highest BCUT2D eigenvalue weighted by molar-refractivity contribution is 7.99. The van der Waals surface area contributed by atoms with Crippen molar-refractivity contribution in [3.8, 4) is 0 Å². The molecule has 0 aliphatic heterocycles. The molecular formula is C22H32N2O4S. The molecule has 0 aliphatic rings. The Balaban J connectivity index is 0.000000447. The molecule has 1 aromatic heterocycles. The van der Waals surface area contributed by atoms with E-state index in [0.717, 1.165) is 18.8 Å². The third kappa shape index (κ3) is 10.2. The second kappa shape index (κ2) is 14.7. The second-order valence-electron chi connectivity index (χ2n) is 6.62. The fraction of sp³-hybridized carbons (Fsp3) is 0.455. The lowest BCUT2D eigenvalue weighted by atomic mass is 10.1. The van der Waals surface area contributed by atoms with Crippen molar-refractivity contribution >= 4 is 34.6 Å². The summed E-state index contributed by atoms with van der Waals surface area (Å²) >= 11 is 1.88. The number of unbranched alkanes of at least 4 members (excludes halogenated alkanes) is 5. The Labute approximate surface area is 176 Å². The molecule has 0 saturated heterocycles. The summed E-state index contributed by atoms with van der Waals surface area (Å²) in [5.74, 6) is -1.52. The lowest BCUT2D eigenvalue weighted by molar-refractivity contribution is -0.134. The molecule has 2 aromatic rings. The van der Waals surface area contributed by atoms with Gasteiger partial charge in [0, 0.05) is 53.0 Å². The highest BCUT2D eigenvalue weighted by atomic mass is 32.2. The predicted octanol–water partition coefficient (Wildman–Crippen LogP) is 4.76. The number of carboxylic acids is 2. The summed E-state index contributed by atoms with van der Waals surface area (Å²) in [5.41, 5.74) is 7.00. The smallest absolute Gasteiger partial charge is 0.328 e. The molecular weight excluding hydrogens is 388 g/mol. The summed E-state index contributed by atoms with van der Waals surface area (Å²) in [6, 6.07) is 8.73. The minimum Gasteiger partial charge on any atom is -0.478 e. The van der Waals surface area contributed by atoms with Gasteiger partial charge in [-0.15, -0.1) is 11.8 Å². The molecule has 0 bridgehead atoms. The van der Waals surface area contributed by atoms with E-state index >= 15 is 0 Å². The number of carbonyl (C=O) groups is 2. The molecule has 160 valence electrons. The van der Waals surface area contributed by atoms with E-state index in [4.69, 9.17) is 15.9 Å². The van der Waals surface area contributed by atoms with Crippen LogP contribution < -0.4 is 5.73 Å². The first-order valence-electron chi connectivity index (χ1n) is 10.0. The van der Waals surface area contributed by atoms with Gasteiger partial charge < -0.3 is 20.5 Å². The van der Waals surface area contributed by atoms with Crippen molar-refractivity contribution in [1.29, 1.82) is 0 Å². The number of aromatic nitrogens is 1. The first-order chi connectivity index (χ1) is 14.0. The Morgan fingerprint density at radius 2 is 1.66 bits per heavy atom. The van der Waals surface area contributed by atoms with Crippen LogP contribution in [-0.2, 0) is 16.1 Å². The van der Waals surface area contributed by atoms with E-state index in [1.54, 1.807) is 0 Å². The highest BCUT2D eigenvalue weighted by Gasteiger charge is 2.07. The third-order valence-electron chi connectivity index (χ3n) is 4.25. The van der Waals surface area contributed by atoms with Crippen molar-refractivity contribution in [1.82, 2.24) is 4.57 Å². The van der Waals surface area contributed by atoms with Crippen LogP contribution in [0, 0.1) is 0 Å². The number of carboxylic acid groups (broad SMARTS) is 2. The molecule has 0 saturated carbocycles. The van der Waals surface area contributed by atoms with Crippen molar-refractivity contribution < 1.29 is 19.8 Å². The van der Waals surface area contributed by atoms with E-state index in [1.807, 2.05) is 11.8 Å². The van der Waals surface area contributed by atoms with Gasteiger partial charge >= 0.3 is 11.9 Å². The van der Waals surface area contributed by atoms with E-state index in [9.17, 15) is 9.59 Å². The van der Waals surface area contributed by atoms with Crippen molar-refractivity contribution in [3.05, 3.63) is 42.6 Å². The molecule has 2 rings (SSSR count). The minimum atomic E-state index is -1.26. The van der Waals surface area contributed by atoms with Gasteiger partial charge in [-0.05, 0) is 12.5 Å². The third-order valence-corrected chi connectivity index (χ3v) is 5.32. The van der Waals surface area contributed by atoms with Gasteiger partial charge in [-0.3, -0.25) is 0 Å². The molecule has 0 aliphatic carbocycles. The monoisotopic (exact) mass is 420 g/mol. The zero-order valence-electron chi connectivity index (χ0n) is 17.0. The number of hydrogen-bond donors (Lipinski definition) is 3. The number of nitrogens with two attached hydrogens (primary N) is 1. The van der Waals surface area contributed by atoms with Crippen molar-refractivity contribution in [2.75, 3.05) is 12.3 Å². The van der Waals surface area contributed by atoms with Gasteiger partial charge in [0.2, 0.25) is 0 Å². The number of aryl methyl sites for hydroxylation is 1. The molecule has 4 N–H and O–H groups in total. The molecule has 6 nitrogen and oxygen atoms in total. The zero-order chi connectivity index (χ0) is 21.5. The van der Waals surface area contributed by atoms with Crippen LogP contribution in [0.5, 0.6) is 0 Å². The Bertz CT molecular complexity index is 770. The van der Waals surface area contributed by atoms with E-state index in [2.05, 4.69) is 42.0 Å². The topological polar surface area (TPSA) is 106 Å². The maximum atomic E-state index is 9.55. The summed E-state index contributed by atoms with van der Waals surface area (Å²) in [7, 11) is 0. The number of thioether (sulfide) groups is 1. The predicted molar refractivity (Wildman–Crippen MR) is 120 cm³/mol. The standard InChI is InChI=1S/C18H28N2S.C4H4O4/c1-2-3-4-5-6-9-13-20-15-18(21-14-12-19)16-10-7-8-11-17(16)20;5-3(6)1-2-4(7)8/h7-8,10-11,15H,2-6,9,12-14,19H2,1H3;1-2H,(H,5,6)(H,7,8). The molecule has 0 fully saturated rings. The largest absolute Gasteiger partial charge is 0.478 e. The van der Waals surface area contributed by atoms with Crippen molar-refractivity contribution in [2.45, 2.75) is 56.9 Å². The van der Waals surface area contributed by atoms with Gasteiger partial charge in [-0.25, -0.2) is 9.59 Å². The molecule has 0 atom stereocenters. The quantitative estimate of drug-likeness (QED) is 0.260. The molecule has 0 radical (unpaired) electrons. The SMILES string of the molecule is CCCCCCCCn1cc(SCCN)c2ccccc21.O=C(O)C=CC(=O)O. The fourth-order valence-corrected chi connectivity index (χ4v) is 3.75. The Hall–Kier alpha value is -2.25. The van der Waals surface area contributed by atoms with Gasteiger partial charge in [0.25, 0.3) is 0 Å². The van der Waals surface area contributed by atoms with E-state index in [1.165, 1.54) is 54.3 Å². The maximum absolute atomic E-state index is 9.55. The Kier molecular flexibility index (Phi) is 12.6. The fourth-order valence-electron chi connectivity index (χ4n) is 2.89. The minimum absolute atomic E-state index is 0.558. The zero-order valence-corrected chi connectivity index (χ0v) is 17.9. The van der Waals surface area contributed by atoms with Crippen LogP contribution in [0.1, 0.15) is 45.4 Å². The van der Waals surface area contributed by atoms with Crippen molar-refractivity contribution in [3.63, 3.8) is 0 Å². The summed E-state index contributed by atoms with van der Waals surface area (Å²) in [5, 5.41) is 17.0. The summed E-state index contributed by atoms with van der Waals surface area (Å²) in [6.45, 7) is 4.14. The maximum Gasteiger partial charge on any atom is 0.328 e.